The Morgan fingerprint density at radius 2 is 2.37 bits per heavy atom. The Balaban J connectivity index is 1.86. The molecule has 1 aliphatic rings. The summed E-state index contributed by atoms with van der Waals surface area (Å²) in [5, 5.41) is 0.544. The van der Waals surface area contributed by atoms with Crippen molar-refractivity contribution in [2.45, 2.75) is 25.3 Å². The third kappa shape index (κ3) is 3.81. The Hall–Kier alpha value is -0.840. The minimum atomic E-state index is 0.309. The van der Waals surface area contributed by atoms with Gasteiger partial charge in [-0.05, 0) is 51.1 Å². The molecule has 1 aromatic rings. The quantitative estimate of drug-likeness (QED) is 0.849. The highest BCUT2D eigenvalue weighted by molar-refractivity contribution is 7.80. The predicted octanol–water partition coefficient (Wildman–Crippen LogP) is 2.84. The van der Waals surface area contributed by atoms with Crippen molar-refractivity contribution in [1.82, 2.24) is 4.90 Å². The smallest absolute Gasteiger partial charge is 0.120 e. The summed E-state index contributed by atoms with van der Waals surface area (Å²) in [6.45, 7) is 1.90. The first-order valence-corrected chi connectivity index (χ1v) is 7.29. The third-order valence-electron chi connectivity index (χ3n) is 3.60. The molecule has 3 nitrogen and oxygen atoms in total. The maximum absolute atomic E-state index is 6.10. The number of nitrogens with two attached hydrogens (primary N) is 1. The largest absolute Gasteiger partial charge is 0.493 e. The average molecular weight is 299 g/mol. The minimum absolute atomic E-state index is 0.309. The third-order valence-corrected chi connectivity index (χ3v) is 4.13. The molecule has 1 atom stereocenters. The van der Waals surface area contributed by atoms with Crippen molar-refractivity contribution in [3.05, 3.63) is 28.8 Å². The Morgan fingerprint density at radius 3 is 2.95 bits per heavy atom. The molecule has 1 fully saturated rings. The summed E-state index contributed by atoms with van der Waals surface area (Å²) in [5.74, 6) is 0.769. The summed E-state index contributed by atoms with van der Waals surface area (Å²) in [5.41, 5.74) is 6.26. The fraction of sp³-hybridized carbons (Fsp3) is 0.500. The van der Waals surface area contributed by atoms with Crippen LogP contribution >= 0.6 is 23.8 Å². The van der Waals surface area contributed by atoms with Crippen molar-refractivity contribution >= 4 is 28.8 Å². The lowest BCUT2D eigenvalue weighted by atomic mass is 10.1. The van der Waals surface area contributed by atoms with Gasteiger partial charge in [0, 0.05) is 11.6 Å². The maximum atomic E-state index is 6.10. The van der Waals surface area contributed by atoms with Crippen molar-refractivity contribution in [1.29, 1.82) is 0 Å². The summed E-state index contributed by atoms with van der Waals surface area (Å²) in [4.78, 5) is 2.70. The minimum Gasteiger partial charge on any atom is -0.493 e. The van der Waals surface area contributed by atoms with Crippen molar-refractivity contribution in [3.63, 3.8) is 0 Å². The molecule has 0 bridgehead atoms. The zero-order valence-electron chi connectivity index (χ0n) is 11.1. The fourth-order valence-electron chi connectivity index (χ4n) is 2.44. The Labute approximate surface area is 124 Å². The number of benzene rings is 1. The molecule has 2 rings (SSSR count). The van der Waals surface area contributed by atoms with E-state index in [1.165, 1.54) is 19.4 Å². The van der Waals surface area contributed by atoms with Crippen LogP contribution in [0.3, 0.4) is 0 Å². The highest BCUT2D eigenvalue weighted by Gasteiger charge is 2.20. The predicted molar refractivity (Wildman–Crippen MR) is 83.1 cm³/mol. The number of thiocarbonyl (C=S) groups is 1. The Bertz CT molecular complexity index is 467. The van der Waals surface area contributed by atoms with E-state index in [1.807, 2.05) is 12.1 Å². The molecule has 0 amide bonds. The number of nitrogens with zero attached hydrogens (tertiary/aromatic N) is 1. The van der Waals surface area contributed by atoms with E-state index < -0.39 is 0 Å². The topological polar surface area (TPSA) is 38.5 Å². The van der Waals surface area contributed by atoms with E-state index in [0.717, 1.165) is 12.2 Å². The summed E-state index contributed by atoms with van der Waals surface area (Å²) in [7, 11) is 2.17. The molecule has 1 aromatic carbocycles. The van der Waals surface area contributed by atoms with Crippen molar-refractivity contribution in [3.8, 4) is 5.75 Å². The van der Waals surface area contributed by atoms with Crippen LogP contribution in [0.4, 0.5) is 0 Å². The van der Waals surface area contributed by atoms with Crippen molar-refractivity contribution in [2.75, 3.05) is 20.2 Å². The van der Waals surface area contributed by atoms with Crippen LogP contribution in [0.25, 0.3) is 0 Å². The second kappa shape index (κ2) is 6.55. The molecular formula is C14H19ClN2OS. The van der Waals surface area contributed by atoms with E-state index in [9.17, 15) is 0 Å². The van der Waals surface area contributed by atoms with Gasteiger partial charge in [0.05, 0.1) is 11.6 Å². The summed E-state index contributed by atoms with van der Waals surface area (Å²) in [6.07, 6.45) is 3.60. The van der Waals surface area contributed by atoms with Gasteiger partial charge in [0.1, 0.15) is 10.7 Å². The van der Waals surface area contributed by atoms with Gasteiger partial charge in [0.15, 0.2) is 0 Å². The first-order valence-electron chi connectivity index (χ1n) is 6.50. The lowest BCUT2D eigenvalue weighted by Crippen LogP contribution is -2.26. The number of likely N-dealkylation sites (tertiary alicyclic amines) is 1. The number of ether oxygens (including phenoxy) is 1. The fourth-order valence-corrected chi connectivity index (χ4v) is 2.95. The summed E-state index contributed by atoms with van der Waals surface area (Å²) < 4.78 is 5.74. The summed E-state index contributed by atoms with van der Waals surface area (Å²) in [6, 6.07) is 6.08. The highest BCUT2D eigenvalue weighted by atomic mass is 35.5. The Kier molecular flexibility index (Phi) is 5.02. The molecular weight excluding hydrogens is 280 g/mol. The van der Waals surface area contributed by atoms with E-state index in [-0.39, 0.29) is 0 Å². The number of rotatable bonds is 5. The van der Waals surface area contributed by atoms with Crippen LogP contribution < -0.4 is 10.5 Å². The molecule has 0 spiro atoms. The van der Waals surface area contributed by atoms with Crippen LogP contribution in [0.15, 0.2) is 18.2 Å². The second-order valence-electron chi connectivity index (χ2n) is 4.92. The van der Waals surface area contributed by atoms with Crippen LogP contribution in [0.1, 0.15) is 24.8 Å². The van der Waals surface area contributed by atoms with Gasteiger partial charge in [-0.25, -0.2) is 0 Å². The monoisotopic (exact) mass is 298 g/mol. The maximum Gasteiger partial charge on any atom is 0.120 e. The molecule has 104 valence electrons. The van der Waals surface area contributed by atoms with Crippen LogP contribution in [0.5, 0.6) is 5.75 Å². The van der Waals surface area contributed by atoms with Crippen LogP contribution in [0, 0.1) is 0 Å². The van der Waals surface area contributed by atoms with Gasteiger partial charge < -0.3 is 15.4 Å². The molecule has 1 aliphatic heterocycles. The second-order valence-corrected chi connectivity index (χ2v) is 5.77. The van der Waals surface area contributed by atoms with E-state index >= 15 is 0 Å². The van der Waals surface area contributed by atoms with Crippen LogP contribution in [0.2, 0.25) is 5.02 Å². The van der Waals surface area contributed by atoms with Crippen molar-refractivity contribution in [2.24, 2.45) is 5.73 Å². The van der Waals surface area contributed by atoms with Gasteiger partial charge in [-0.2, -0.15) is 0 Å². The molecule has 5 heteroatoms. The van der Waals surface area contributed by atoms with E-state index in [4.69, 9.17) is 34.3 Å². The summed E-state index contributed by atoms with van der Waals surface area (Å²) >= 11 is 11.0. The standard InChI is InChI=1S/C14H19ClN2OS/c1-17-7-2-3-10(17)6-8-18-11-4-5-12(14(16)19)13(15)9-11/h4-5,9-10H,2-3,6-8H2,1H3,(H2,16,19). The lowest BCUT2D eigenvalue weighted by Gasteiger charge is -2.19. The molecule has 1 heterocycles. The van der Waals surface area contributed by atoms with Gasteiger partial charge in [-0.15, -0.1) is 0 Å². The zero-order valence-corrected chi connectivity index (χ0v) is 12.6. The highest BCUT2D eigenvalue weighted by Crippen LogP contribution is 2.23. The van der Waals surface area contributed by atoms with Gasteiger partial charge in [0.25, 0.3) is 0 Å². The van der Waals surface area contributed by atoms with Gasteiger partial charge in [-0.3, -0.25) is 0 Å². The van der Waals surface area contributed by atoms with E-state index in [1.54, 1.807) is 6.07 Å². The van der Waals surface area contributed by atoms with Gasteiger partial charge in [-0.1, -0.05) is 23.8 Å². The molecule has 1 unspecified atom stereocenters. The van der Waals surface area contributed by atoms with E-state index in [2.05, 4.69) is 11.9 Å². The average Bonchev–Trinajstić information content (AvgIpc) is 2.75. The van der Waals surface area contributed by atoms with Crippen LogP contribution in [-0.2, 0) is 0 Å². The molecule has 0 aromatic heterocycles. The molecule has 0 radical (unpaired) electrons. The van der Waals surface area contributed by atoms with Gasteiger partial charge in [0.2, 0.25) is 0 Å². The zero-order chi connectivity index (χ0) is 13.8. The number of hydrogen-bond donors (Lipinski definition) is 1. The van der Waals surface area contributed by atoms with Crippen LogP contribution in [-0.4, -0.2) is 36.1 Å². The number of halogens is 1. The molecule has 1 saturated heterocycles. The number of hydrogen-bond acceptors (Lipinski definition) is 3. The Morgan fingerprint density at radius 1 is 1.58 bits per heavy atom. The first kappa shape index (κ1) is 14.6. The first-order chi connectivity index (χ1) is 9.08. The van der Waals surface area contributed by atoms with Gasteiger partial charge >= 0.3 is 0 Å². The molecule has 2 N–H and O–H groups in total. The SMILES string of the molecule is CN1CCCC1CCOc1ccc(C(N)=S)c(Cl)c1. The van der Waals surface area contributed by atoms with Crippen molar-refractivity contribution < 1.29 is 4.74 Å². The molecule has 19 heavy (non-hydrogen) atoms. The molecule has 0 saturated carbocycles. The molecule has 0 aliphatic carbocycles. The lowest BCUT2D eigenvalue weighted by molar-refractivity contribution is 0.233. The normalized spacial score (nSPS) is 19.6. The van der Waals surface area contributed by atoms with E-state index in [0.29, 0.717) is 28.2 Å².